The average molecular weight is 594 g/mol. The highest BCUT2D eigenvalue weighted by Gasteiger charge is 2.24. The van der Waals surface area contributed by atoms with E-state index in [2.05, 4.69) is 6.92 Å². The van der Waals surface area contributed by atoms with Gasteiger partial charge in [-0.25, -0.2) is 4.57 Å². The maximum atomic E-state index is 11.8. The van der Waals surface area contributed by atoms with Crippen molar-refractivity contribution in [2.75, 3.05) is 33.0 Å². The summed E-state index contributed by atoms with van der Waals surface area (Å²) in [6.07, 6.45) is 27.8. The molecule has 2 unspecified atom stereocenters. The quantitative estimate of drug-likeness (QED) is 0.0452. The van der Waals surface area contributed by atoms with Crippen molar-refractivity contribution < 1.29 is 32.8 Å². The molecule has 0 saturated heterocycles. The van der Waals surface area contributed by atoms with Crippen LogP contribution < -0.4 is 5.73 Å². The molecule has 0 rings (SSSR count). The third-order valence-corrected chi connectivity index (χ3v) is 8.06. The van der Waals surface area contributed by atoms with E-state index < -0.39 is 19.9 Å². The Balaban J connectivity index is 3.53. The zero-order valence-electron chi connectivity index (χ0n) is 26.1. The molecule has 0 aromatic carbocycles. The molecule has 0 aliphatic rings. The first kappa shape index (κ1) is 39.5. The Morgan fingerprint density at radius 1 is 0.650 bits per heavy atom. The first-order valence-electron chi connectivity index (χ1n) is 16.5. The fourth-order valence-corrected chi connectivity index (χ4v) is 5.38. The molecule has 240 valence electrons. The van der Waals surface area contributed by atoms with Crippen molar-refractivity contribution in [2.45, 2.75) is 161 Å². The lowest BCUT2D eigenvalue weighted by atomic mass is 10.0. The second kappa shape index (κ2) is 30.0. The summed E-state index contributed by atoms with van der Waals surface area (Å²) in [5.41, 5.74) is 5.27. The lowest BCUT2D eigenvalue weighted by Crippen LogP contribution is -2.28. The van der Waals surface area contributed by atoms with Gasteiger partial charge in [0.15, 0.2) is 0 Å². The molecule has 40 heavy (non-hydrogen) atoms. The molecular formula is C31H64NO7P. The van der Waals surface area contributed by atoms with Crippen LogP contribution in [0.15, 0.2) is 0 Å². The predicted molar refractivity (Wildman–Crippen MR) is 164 cm³/mol. The molecule has 0 fully saturated rings. The van der Waals surface area contributed by atoms with Gasteiger partial charge in [0, 0.05) is 19.6 Å². The molecule has 0 aromatic rings. The van der Waals surface area contributed by atoms with E-state index in [1.165, 1.54) is 122 Å². The van der Waals surface area contributed by atoms with Gasteiger partial charge in [-0.05, 0) is 6.42 Å². The van der Waals surface area contributed by atoms with Gasteiger partial charge in [-0.15, -0.1) is 0 Å². The summed E-state index contributed by atoms with van der Waals surface area (Å²) in [5.74, 6) is -0.415. The first-order chi connectivity index (χ1) is 19.4. The van der Waals surface area contributed by atoms with Crippen LogP contribution in [0.3, 0.4) is 0 Å². The van der Waals surface area contributed by atoms with Crippen LogP contribution in [-0.4, -0.2) is 49.9 Å². The summed E-state index contributed by atoms with van der Waals surface area (Å²) in [6, 6.07) is 0. The second-order valence-corrected chi connectivity index (χ2v) is 12.5. The lowest BCUT2D eigenvalue weighted by molar-refractivity contribution is -0.154. The van der Waals surface area contributed by atoms with Crippen LogP contribution in [0, 0.1) is 0 Å². The van der Waals surface area contributed by atoms with Crippen molar-refractivity contribution in [2.24, 2.45) is 5.73 Å². The normalized spacial score (nSPS) is 13.8. The molecule has 0 aromatic heterocycles. The molecule has 0 bridgehead atoms. The van der Waals surface area contributed by atoms with Gasteiger partial charge < -0.3 is 20.1 Å². The van der Waals surface area contributed by atoms with Gasteiger partial charge in [-0.1, -0.05) is 142 Å². The topological polar surface area (TPSA) is 117 Å². The molecule has 0 aliphatic carbocycles. The van der Waals surface area contributed by atoms with Crippen LogP contribution in [0.5, 0.6) is 0 Å². The summed E-state index contributed by atoms with van der Waals surface area (Å²) in [4.78, 5) is 21.3. The van der Waals surface area contributed by atoms with Gasteiger partial charge in [0.25, 0.3) is 0 Å². The van der Waals surface area contributed by atoms with Crippen molar-refractivity contribution >= 4 is 13.8 Å². The van der Waals surface area contributed by atoms with E-state index in [1.54, 1.807) is 6.92 Å². The van der Waals surface area contributed by atoms with E-state index >= 15 is 0 Å². The highest BCUT2D eigenvalue weighted by Crippen LogP contribution is 2.43. The Bertz CT molecular complexity index is 594. The summed E-state index contributed by atoms with van der Waals surface area (Å²) in [7, 11) is -4.22. The van der Waals surface area contributed by atoms with Gasteiger partial charge >= 0.3 is 13.8 Å². The zero-order chi connectivity index (χ0) is 29.6. The summed E-state index contributed by atoms with van der Waals surface area (Å²) in [5, 5.41) is 0. The maximum Gasteiger partial charge on any atom is 0.472 e. The number of rotatable bonds is 32. The highest BCUT2D eigenvalue weighted by molar-refractivity contribution is 7.47. The molecule has 0 spiro atoms. The number of phosphoric ester groups is 1. The largest absolute Gasteiger partial charge is 0.472 e. The predicted octanol–water partition coefficient (Wildman–Crippen LogP) is 8.63. The van der Waals surface area contributed by atoms with E-state index in [1.807, 2.05) is 0 Å². The van der Waals surface area contributed by atoms with Gasteiger partial charge in [0.05, 0.1) is 19.8 Å². The van der Waals surface area contributed by atoms with Gasteiger partial charge in [0.1, 0.15) is 6.10 Å². The number of ether oxygens (including phenoxy) is 2. The first-order valence-corrected chi connectivity index (χ1v) is 18.0. The third-order valence-electron chi connectivity index (χ3n) is 7.08. The number of hydrogen-bond donors (Lipinski definition) is 2. The minimum atomic E-state index is -4.22. The van der Waals surface area contributed by atoms with Crippen LogP contribution in [0.2, 0.25) is 0 Å². The lowest BCUT2D eigenvalue weighted by Gasteiger charge is -2.19. The molecule has 3 N–H and O–H groups in total. The van der Waals surface area contributed by atoms with Crippen LogP contribution in [0.25, 0.3) is 0 Å². The number of carbonyl (C=O) groups excluding carboxylic acids is 1. The molecule has 0 heterocycles. The van der Waals surface area contributed by atoms with Crippen LogP contribution >= 0.6 is 7.82 Å². The van der Waals surface area contributed by atoms with Crippen molar-refractivity contribution in [1.82, 2.24) is 0 Å². The van der Waals surface area contributed by atoms with Gasteiger partial charge in [0.2, 0.25) is 0 Å². The van der Waals surface area contributed by atoms with Crippen molar-refractivity contribution in [3.05, 3.63) is 0 Å². The summed E-state index contributed by atoms with van der Waals surface area (Å²) >= 11 is 0. The van der Waals surface area contributed by atoms with Crippen LogP contribution in [0.4, 0.5) is 0 Å². The average Bonchev–Trinajstić information content (AvgIpc) is 2.95. The molecule has 2 atom stereocenters. The molecule has 9 heteroatoms. The minimum absolute atomic E-state index is 0.0941. The van der Waals surface area contributed by atoms with E-state index in [0.29, 0.717) is 6.61 Å². The molecule has 0 amide bonds. The third kappa shape index (κ3) is 29.0. The van der Waals surface area contributed by atoms with Crippen LogP contribution in [-0.2, 0) is 27.9 Å². The van der Waals surface area contributed by atoms with E-state index in [-0.39, 0.29) is 32.8 Å². The smallest absolute Gasteiger partial charge is 0.457 e. The summed E-state index contributed by atoms with van der Waals surface area (Å²) in [6.45, 7) is 4.37. The van der Waals surface area contributed by atoms with Gasteiger partial charge in [-0.2, -0.15) is 0 Å². The Morgan fingerprint density at radius 2 is 1.07 bits per heavy atom. The number of carbonyl (C=O) groups is 1. The minimum Gasteiger partial charge on any atom is -0.457 e. The number of nitrogens with two attached hydrogens (primary N) is 1. The molecular weight excluding hydrogens is 529 g/mol. The fraction of sp³-hybridized carbons (Fsp3) is 0.968. The van der Waals surface area contributed by atoms with E-state index in [0.717, 1.165) is 12.8 Å². The Kier molecular flexibility index (Phi) is 29.6. The van der Waals surface area contributed by atoms with E-state index in [4.69, 9.17) is 24.3 Å². The Morgan fingerprint density at radius 3 is 1.48 bits per heavy atom. The standard InChI is InChI=1S/C31H64NO7P/c1-3-5-6-7-8-9-10-11-12-13-14-15-16-17-18-19-20-21-22-23-24-26-36-28-30(39-31(33)4-2)29-38-40(34,35)37-27-25-32/h30H,3-29,32H2,1-2H3,(H,34,35). The zero-order valence-corrected chi connectivity index (χ0v) is 27.0. The van der Waals surface area contributed by atoms with Crippen LogP contribution in [0.1, 0.15) is 155 Å². The second-order valence-electron chi connectivity index (χ2n) is 11.0. The number of esters is 1. The monoisotopic (exact) mass is 593 g/mol. The number of phosphoric acid groups is 1. The number of unbranched alkanes of at least 4 members (excludes halogenated alkanes) is 20. The van der Waals surface area contributed by atoms with E-state index in [9.17, 15) is 14.3 Å². The summed E-state index contributed by atoms with van der Waals surface area (Å²) < 4.78 is 32.3. The Labute approximate surface area is 246 Å². The maximum absolute atomic E-state index is 11.8. The number of hydrogen-bond acceptors (Lipinski definition) is 7. The van der Waals surface area contributed by atoms with Gasteiger partial charge in [-0.3, -0.25) is 13.8 Å². The van der Waals surface area contributed by atoms with Crippen molar-refractivity contribution in [1.29, 1.82) is 0 Å². The highest BCUT2D eigenvalue weighted by atomic mass is 31.2. The molecule has 8 nitrogen and oxygen atoms in total. The molecule has 0 aliphatic heterocycles. The van der Waals surface area contributed by atoms with Crippen molar-refractivity contribution in [3.63, 3.8) is 0 Å². The molecule has 0 radical (unpaired) electrons. The fourth-order valence-electron chi connectivity index (χ4n) is 4.62. The molecule has 0 saturated carbocycles. The SMILES string of the molecule is CCCCCCCCCCCCCCCCCCCCCCCOCC(COP(=O)(O)OCCN)OC(=O)CC. The Hall–Kier alpha value is -0.500. The van der Waals surface area contributed by atoms with Crippen molar-refractivity contribution in [3.8, 4) is 0 Å².